The van der Waals surface area contributed by atoms with Crippen LogP contribution in [0.3, 0.4) is 0 Å². The predicted molar refractivity (Wildman–Crippen MR) is 150 cm³/mol. The summed E-state index contributed by atoms with van der Waals surface area (Å²) >= 11 is 3.77. The largest absolute Gasteiger partial charge is 0.506 e. The Labute approximate surface area is 231 Å². The fourth-order valence-corrected chi connectivity index (χ4v) is 12.1. The highest BCUT2D eigenvalue weighted by Gasteiger charge is 2.58. The van der Waals surface area contributed by atoms with E-state index in [-0.39, 0.29) is 16.1 Å². The zero-order valence-electron chi connectivity index (χ0n) is 21.0. The van der Waals surface area contributed by atoms with Crippen molar-refractivity contribution in [1.29, 1.82) is 0 Å². The van der Waals surface area contributed by atoms with Crippen LogP contribution in [0.4, 0.5) is 5.69 Å². The number of hydrogen-bond acceptors (Lipinski definition) is 10. The fraction of sp³-hybridized carbons (Fsp3) is 0.292. The summed E-state index contributed by atoms with van der Waals surface area (Å²) in [6, 6.07) is 5.77. The Kier molecular flexibility index (Phi) is 6.59. The molecule has 2 aromatic rings. The molecule has 0 saturated heterocycles. The van der Waals surface area contributed by atoms with Gasteiger partial charge in [0.1, 0.15) is 26.2 Å². The Morgan fingerprint density at radius 1 is 1.03 bits per heavy atom. The van der Waals surface area contributed by atoms with Crippen molar-refractivity contribution in [1.82, 2.24) is 4.57 Å². The number of methoxy groups -OCH3 is 2. The number of phenolic OH excluding ortho intramolecular Hbond substituents is 1. The Morgan fingerprint density at radius 2 is 1.61 bits per heavy atom. The molecule has 1 aromatic heterocycles. The number of rotatable bonds is 4. The van der Waals surface area contributed by atoms with Gasteiger partial charge in [-0.1, -0.05) is 47.4 Å². The highest BCUT2D eigenvalue weighted by atomic mass is 32.2. The van der Waals surface area contributed by atoms with Gasteiger partial charge >= 0.3 is 7.52 Å². The number of aromatic hydroxyl groups is 3. The van der Waals surface area contributed by atoms with Crippen molar-refractivity contribution >= 4 is 60.0 Å². The molecule has 0 saturated carbocycles. The van der Waals surface area contributed by atoms with E-state index in [9.17, 15) is 29.6 Å². The molecule has 0 aliphatic carbocycles. The van der Waals surface area contributed by atoms with E-state index in [1.807, 2.05) is 13.8 Å². The molecule has 0 fully saturated rings. The van der Waals surface area contributed by atoms with Gasteiger partial charge in [-0.25, -0.2) is 4.67 Å². The summed E-state index contributed by atoms with van der Waals surface area (Å²) < 4.78 is 26.4. The second-order valence-corrected chi connectivity index (χ2v) is 14.8. The fourth-order valence-electron chi connectivity index (χ4n) is 4.74. The molecular formula is C24H25N2O8PS3. The van der Waals surface area contributed by atoms with Gasteiger partial charge in [-0.3, -0.25) is 13.9 Å². The molecule has 202 valence electrons. The SMILES string of the molecule is COC1=C(OC)SC2(S1)C(C)=C(C)SC1=C2c2cccc(O)c2N(C(=O)C(C)n2c(O)ccc2O)P1(=O)O. The second kappa shape index (κ2) is 9.27. The minimum Gasteiger partial charge on any atom is -0.506 e. The number of benzene rings is 1. The average Bonchev–Trinajstić information content (AvgIpc) is 3.42. The van der Waals surface area contributed by atoms with Crippen molar-refractivity contribution < 1.29 is 39.0 Å². The van der Waals surface area contributed by atoms with Crippen LogP contribution in [0.1, 0.15) is 32.4 Å². The van der Waals surface area contributed by atoms with E-state index in [4.69, 9.17) is 9.47 Å². The zero-order valence-corrected chi connectivity index (χ0v) is 24.3. The lowest BCUT2D eigenvalue weighted by Gasteiger charge is -2.45. The van der Waals surface area contributed by atoms with E-state index in [0.717, 1.165) is 26.8 Å². The van der Waals surface area contributed by atoms with Crippen LogP contribution in [0.2, 0.25) is 0 Å². The predicted octanol–water partition coefficient (Wildman–Crippen LogP) is 5.70. The van der Waals surface area contributed by atoms with E-state index in [1.54, 1.807) is 12.1 Å². The summed E-state index contributed by atoms with van der Waals surface area (Å²) in [6.07, 6.45) is 0. The molecule has 0 bridgehead atoms. The van der Waals surface area contributed by atoms with E-state index in [1.165, 1.54) is 62.9 Å². The Balaban J connectivity index is 1.76. The number of allylic oxidation sites excluding steroid dienone is 1. The van der Waals surface area contributed by atoms with Gasteiger partial charge < -0.3 is 29.7 Å². The molecule has 38 heavy (non-hydrogen) atoms. The number of thioether (sulfide) groups is 3. The maximum Gasteiger partial charge on any atom is 0.337 e. The molecule has 4 N–H and O–H groups in total. The summed E-state index contributed by atoms with van der Waals surface area (Å²) in [5, 5.41) is 32.5. The first kappa shape index (κ1) is 27.0. The molecule has 0 radical (unpaired) electrons. The lowest BCUT2D eigenvalue weighted by atomic mass is 9.96. The van der Waals surface area contributed by atoms with Gasteiger partial charge in [0.2, 0.25) is 10.2 Å². The van der Waals surface area contributed by atoms with Gasteiger partial charge in [0, 0.05) is 23.3 Å². The van der Waals surface area contributed by atoms with Crippen molar-refractivity contribution in [2.24, 2.45) is 0 Å². The number of para-hydroxylation sites is 1. The molecule has 1 aromatic carbocycles. The van der Waals surface area contributed by atoms with Crippen LogP contribution in [0.25, 0.3) is 5.57 Å². The summed E-state index contributed by atoms with van der Waals surface area (Å²) in [5.41, 5.74) is 1.65. The summed E-state index contributed by atoms with van der Waals surface area (Å²) in [6.45, 7) is 5.16. The third kappa shape index (κ3) is 3.63. The number of nitrogens with zero attached hydrogens (tertiary/aromatic N) is 2. The van der Waals surface area contributed by atoms with Crippen LogP contribution in [0.15, 0.2) is 55.6 Å². The quantitative estimate of drug-likeness (QED) is 0.323. The Hall–Kier alpha value is -2.57. The van der Waals surface area contributed by atoms with Crippen molar-refractivity contribution in [3.8, 4) is 17.5 Å². The van der Waals surface area contributed by atoms with Gasteiger partial charge in [0.25, 0.3) is 5.91 Å². The molecule has 10 nitrogen and oxygen atoms in total. The van der Waals surface area contributed by atoms with Crippen LogP contribution >= 0.6 is 42.8 Å². The highest BCUT2D eigenvalue weighted by Crippen LogP contribution is 2.77. The number of amides is 1. The summed E-state index contributed by atoms with van der Waals surface area (Å²) in [5.74, 6) is -2.05. The average molecular weight is 597 g/mol. The molecule has 4 heterocycles. The first-order chi connectivity index (χ1) is 17.9. The molecule has 2 atom stereocenters. The van der Waals surface area contributed by atoms with E-state index < -0.39 is 35.3 Å². The van der Waals surface area contributed by atoms with Crippen LogP contribution in [-0.4, -0.2) is 49.0 Å². The molecule has 5 rings (SSSR count). The van der Waals surface area contributed by atoms with Gasteiger partial charge in [-0.2, -0.15) is 0 Å². The molecule has 3 aliphatic heterocycles. The number of aromatic nitrogens is 1. The lowest BCUT2D eigenvalue weighted by molar-refractivity contribution is -0.120. The van der Waals surface area contributed by atoms with Crippen molar-refractivity contribution in [2.45, 2.75) is 30.9 Å². The molecule has 1 spiro atoms. The minimum atomic E-state index is -4.70. The normalized spacial score (nSPS) is 23.1. The number of carbonyl (C=O) groups excluding carboxylic acids is 1. The molecule has 2 unspecified atom stereocenters. The van der Waals surface area contributed by atoms with Crippen molar-refractivity contribution in [3.63, 3.8) is 0 Å². The van der Waals surface area contributed by atoms with Crippen LogP contribution in [0, 0.1) is 0 Å². The summed E-state index contributed by atoms with van der Waals surface area (Å²) in [7, 11) is -1.66. The number of ether oxygens (including phenoxy) is 2. The minimum absolute atomic E-state index is 0.0769. The van der Waals surface area contributed by atoms with Crippen LogP contribution < -0.4 is 4.67 Å². The Morgan fingerprint density at radius 3 is 2.16 bits per heavy atom. The second-order valence-electron chi connectivity index (χ2n) is 8.73. The molecular weight excluding hydrogens is 571 g/mol. The van der Waals surface area contributed by atoms with Gasteiger partial charge in [0.05, 0.1) is 14.2 Å². The van der Waals surface area contributed by atoms with Gasteiger partial charge in [-0.15, -0.1) is 0 Å². The highest BCUT2D eigenvalue weighted by molar-refractivity contribution is 8.26. The third-order valence-corrected chi connectivity index (χ3v) is 13.7. The third-order valence-electron chi connectivity index (χ3n) is 6.68. The maximum atomic E-state index is 14.4. The molecule has 3 aliphatic rings. The maximum absolute atomic E-state index is 14.4. The number of anilines is 1. The smallest absolute Gasteiger partial charge is 0.337 e. The topological polar surface area (TPSA) is 142 Å². The standard InChI is InChI=1S/C24H25N2O8PS3/c1-11-13(3)36-23-18(24(11)37-21(33-4)22(34-5)38-24)14-7-6-8-15(27)19(14)26(35(23,31)32)20(30)12(2)25-16(28)9-10-17(25)29/h6-10,12,27-29H,1-5H3,(H,31,32). The molecule has 14 heteroatoms. The zero-order chi connectivity index (χ0) is 27.7. The Bertz CT molecular complexity index is 1490. The van der Waals surface area contributed by atoms with Crippen LogP contribution in [0.5, 0.6) is 17.5 Å². The first-order valence-electron chi connectivity index (χ1n) is 11.3. The van der Waals surface area contributed by atoms with Gasteiger partial charge in [0.15, 0.2) is 11.8 Å². The number of carbonyl (C=O) groups is 1. The monoisotopic (exact) mass is 596 g/mol. The number of hydrogen-bond donors (Lipinski definition) is 4. The number of phenols is 1. The molecule has 1 amide bonds. The lowest BCUT2D eigenvalue weighted by Crippen LogP contribution is -2.39. The van der Waals surface area contributed by atoms with E-state index in [2.05, 4.69) is 0 Å². The van der Waals surface area contributed by atoms with Crippen molar-refractivity contribution in [2.75, 3.05) is 18.9 Å². The van der Waals surface area contributed by atoms with Gasteiger partial charge in [-0.05, 0) is 37.3 Å². The summed E-state index contributed by atoms with van der Waals surface area (Å²) in [4.78, 5) is 26.4. The number of fused-ring (bicyclic) bond motifs is 3. The first-order valence-corrected chi connectivity index (χ1v) is 15.4. The van der Waals surface area contributed by atoms with Crippen molar-refractivity contribution in [3.05, 3.63) is 61.2 Å². The van der Waals surface area contributed by atoms with E-state index in [0.29, 0.717) is 26.0 Å². The van der Waals surface area contributed by atoms with E-state index >= 15 is 0 Å². The van der Waals surface area contributed by atoms with Crippen LogP contribution in [-0.2, 0) is 18.8 Å².